The second-order valence-corrected chi connectivity index (χ2v) is 10.6. The van der Waals surface area contributed by atoms with Crippen LogP contribution in [-0.2, 0) is 19.6 Å². The van der Waals surface area contributed by atoms with Crippen LogP contribution in [0.2, 0.25) is 0 Å². The third kappa shape index (κ3) is 4.21. The third-order valence-electron chi connectivity index (χ3n) is 5.50. The van der Waals surface area contributed by atoms with Crippen LogP contribution >= 0.6 is 11.8 Å². The van der Waals surface area contributed by atoms with Gasteiger partial charge in [0.1, 0.15) is 5.54 Å². The van der Waals surface area contributed by atoms with Crippen LogP contribution in [0.25, 0.3) is 0 Å². The molecule has 7 nitrogen and oxygen atoms in total. The number of thioether (sulfide) groups is 1. The third-order valence-corrected chi connectivity index (χ3v) is 7.42. The van der Waals surface area contributed by atoms with Gasteiger partial charge in [0.05, 0.1) is 12.8 Å². The molecule has 1 aliphatic heterocycles. The number of carbonyl (C=O) groups is 2. The average molecular weight is 426 g/mol. The van der Waals surface area contributed by atoms with Crippen LogP contribution < -0.4 is 10.2 Å². The van der Waals surface area contributed by atoms with Crippen LogP contribution in [0.5, 0.6) is 0 Å². The largest absolute Gasteiger partial charge is 0.351 e. The van der Waals surface area contributed by atoms with E-state index < -0.39 is 21.5 Å². The highest BCUT2D eigenvalue weighted by Crippen LogP contribution is 2.33. The van der Waals surface area contributed by atoms with Gasteiger partial charge < -0.3 is 5.32 Å². The van der Waals surface area contributed by atoms with Crippen molar-refractivity contribution in [2.24, 2.45) is 0 Å². The zero-order valence-corrected chi connectivity index (χ0v) is 18.1. The quantitative estimate of drug-likeness (QED) is 0.728. The zero-order valence-electron chi connectivity index (χ0n) is 16.5. The summed E-state index contributed by atoms with van der Waals surface area (Å²) in [5.74, 6) is -0.713. The molecule has 0 bridgehead atoms. The monoisotopic (exact) mass is 425 g/mol. The molecular formula is C19H27N3O4S2. The molecule has 0 radical (unpaired) electrons. The van der Waals surface area contributed by atoms with Gasteiger partial charge >= 0.3 is 0 Å². The first-order valence-electron chi connectivity index (χ1n) is 9.38. The number of rotatable bonds is 5. The number of nitrogens with zero attached hydrogens (tertiary/aromatic N) is 2. The van der Waals surface area contributed by atoms with Crippen molar-refractivity contribution >= 4 is 39.3 Å². The molecule has 0 spiro atoms. The first kappa shape index (κ1) is 21.1. The lowest BCUT2D eigenvalue weighted by Crippen LogP contribution is -2.70. The molecule has 0 aromatic heterocycles. The number of benzene rings is 1. The molecule has 1 heterocycles. The van der Waals surface area contributed by atoms with Gasteiger partial charge in [-0.1, -0.05) is 18.9 Å². The maximum absolute atomic E-state index is 13.3. The molecular weight excluding hydrogens is 398 g/mol. The summed E-state index contributed by atoms with van der Waals surface area (Å²) in [5.41, 5.74) is -0.716. The molecule has 9 heteroatoms. The minimum Gasteiger partial charge on any atom is -0.351 e. The number of carbonyl (C=O) groups excluding carboxylic acids is 2. The number of anilines is 1. The van der Waals surface area contributed by atoms with Gasteiger partial charge in [0.25, 0.3) is 0 Å². The molecule has 2 fully saturated rings. The molecule has 1 unspecified atom stereocenters. The van der Waals surface area contributed by atoms with Crippen molar-refractivity contribution < 1.29 is 18.0 Å². The summed E-state index contributed by atoms with van der Waals surface area (Å²) in [7, 11) is -3.61. The van der Waals surface area contributed by atoms with E-state index in [0.717, 1.165) is 41.1 Å². The Labute approximate surface area is 170 Å². The van der Waals surface area contributed by atoms with Gasteiger partial charge in [0.15, 0.2) is 0 Å². The van der Waals surface area contributed by atoms with Crippen LogP contribution in [0, 0.1) is 0 Å². The minimum atomic E-state index is -3.61. The van der Waals surface area contributed by atoms with Gasteiger partial charge in [0.2, 0.25) is 21.8 Å². The number of amides is 2. The van der Waals surface area contributed by atoms with Gasteiger partial charge in [-0.15, -0.1) is 11.8 Å². The van der Waals surface area contributed by atoms with Crippen molar-refractivity contribution in [2.75, 3.05) is 30.5 Å². The van der Waals surface area contributed by atoms with E-state index >= 15 is 0 Å². The second-order valence-electron chi connectivity index (χ2n) is 7.69. The fraction of sp³-hybridized carbons (Fsp3) is 0.579. The Bertz CT molecular complexity index is 868. The van der Waals surface area contributed by atoms with Crippen molar-refractivity contribution in [2.45, 2.75) is 49.1 Å². The van der Waals surface area contributed by atoms with Crippen LogP contribution in [0.4, 0.5) is 5.69 Å². The van der Waals surface area contributed by atoms with Gasteiger partial charge in [-0.05, 0) is 44.2 Å². The highest BCUT2D eigenvalue weighted by atomic mass is 32.2. The summed E-state index contributed by atoms with van der Waals surface area (Å²) >= 11 is 1.54. The van der Waals surface area contributed by atoms with E-state index in [1.165, 1.54) is 4.90 Å². The van der Waals surface area contributed by atoms with E-state index in [9.17, 15) is 18.0 Å². The molecule has 2 amide bonds. The van der Waals surface area contributed by atoms with E-state index in [0.29, 0.717) is 5.69 Å². The first-order chi connectivity index (χ1) is 13.1. The second kappa shape index (κ2) is 8.04. The lowest BCUT2D eigenvalue weighted by atomic mass is 9.94. The van der Waals surface area contributed by atoms with Crippen LogP contribution in [0.15, 0.2) is 29.2 Å². The normalized spacial score (nSPS) is 24.5. The van der Waals surface area contributed by atoms with Gasteiger partial charge in [-0.3, -0.25) is 14.5 Å². The summed E-state index contributed by atoms with van der Waals surface area (Å²) < 4.78 is 25.4. The molecule has 2 aliphatic rings. The Balaban J connectivity index is 2.01. The topological polar surface area (TPSA) is 86.8 Å². The SMILES string of the molecule is CSc1cccc(N2C(=O)CN(S(C)(=O)=O)CC2(C)C(=O)NC2CCCC2)c1. The number of hydrogen-bond donors (Lipinski definition) is 1. The van der Waals surface area contributed by atoms with Crippen molar-refractivity contribution in [1.29, 1.82) is 0 Å². The van der Waals surface area contributed by atoms with E-state index in [1.807, 2.05) is 24.5 Å². The highest BCUT2D eigenvalue weighted by Gasteiger charge is 2.50. The maximum atomic E-state index is 13.3. The maximum Gasteiger partial charge on any atom is 0.247 e. The molecule has 154 valence electrons. The van der Waals surface area contributed by atoms with Crippen molar-refractivity contribution in [3.8, 4) is 0 Å². The Hall–Kier alpha value is -1.58. The Morgan fingerprint density at radius 2 is 1.96 bits per heavy atom. The molecule has 3 rings (SSSR count). The molecule has 1 saturated heterocycles. The fourth-order valence-corrected chi connectivity index (χ4v) is 5.25. The summed E-state index contributed by atoms with van der Waals surface area (Å²) in [5, 5.41) is 3.05. The van der Waals surface area contributed by atoms with Crippen LogP contribution in [-0.4, -0.2) is 61.7 Å². The van der Waals surface area contributed by atoms with E-state index in [4.69, 9.17) is 0 Å². The Kier molecular flexibility index (Phi) is 6.07. The van der Waals surface area contributed by atoms with E-state index in [1.54, 1.807) is 24.8 Å². The molecule has 1 aromatic rings. The number of piperazine rings is 1. The Morgan fingerprint density at radius 3 is 2.57 bits per heavy atom. The molecule has 1 saturated carbocycles. The standard InChI is InChI=1S/C19H27N3O4S2/c1-19(18(24)20-14-7-4-5-8-14)13-21(28(3,25)26)12-17(23)22(19)15-9-6-10-16(11-15)27-2/h6,9-11,14H,4-5,7-8,12-13H2,1-3H3,(H,20,24). The van der Waals surface area contributed by atoms with E-state index in [-0.39, 0.29) is 25.0 Å². The van der Waals surface area contributed by atoms with Crippen molar-refractivity contribution in [1.82, 2.24) is 9.62 Å². The number of hydrogen-bond acceptors (Lipinski definition) is 5. The van der Waals surface area contributed by atoms with Crippen molar-refractivity contribution in [3.05, 3.63) is 24.3 Å². The molecule has 1 atom stereocenters. The van der Waals surface area contributed by atoms with Crippen molar-refractivity contribution in [3.63, 3.8) is 0 Å². The predicted molar refractivity (Wildman–Crippen MR) is 111 cm³/mol. The highest BCUT2D eigenvalue weighted by molar-refractivity contribution is 7.98. The average Bonchev–Trinajstić information content (AvgIpc) is 3.13. The summed E-state index contributed by atoms with van der Waals surface area (Å²) in [6.07, 6.45) is 6.96. The number of sulfonamides is 1. The van der Waals surface area contributed by atoms with Crippen LogP contribution in [0.3, 0.4) is 0 Å². The van der Waals surface area contributed by atoms with Gasteiger partial charge in [-0.25, -0.2) is 8.42 Å². The number of nitrogens with one attached hydrogen (secondary N) is 1. The molecule has 1 N–H and O–H groups in total. The molecule has 1 aromatic carbocycles. The molecule has 1 aliphatic carbocycles. The zero-order chi connectivity index (χ0) is 20.5. The minimum absolute atomic E-state index is 0.0698. The lowest BCUT2D eigenvalue weighted by Gasteiger charge is -2.46. The molecule has 28 heavy (non-hydrogen) atoms. The van der Waals surface area contributed by atoms with E-state index in [2.05, 4.69) is 5.32 Å². The predicted octanol–water partition coefficient (Wildman–Crippen LogP) is 1.83. The fourth-order valence-electron chi connectivity index (χ4n) is 3.96. The lowest BCUT2D eigenvalue weighted by molar-refractivity contribution is -0.133. The smallest absolute Gasteiger partial charge is 0.247 e. The summed E-state index contributed by atoms with van der Waals surface area (Å²) in [6.45, 7) is 1.31. The summed E-state index contributed by atoms with van der Waals surface area (Å²) in [4.78, 5) is 28.8. The first-order valence-corrected chi connectivity index (χ1v) is 12.5. The van der Waals surface area contributed by atoms with Gasteiger partial charge in [-0.2, -0.15) is 4.31 Å². The summed E-state index contributed by atoms with van der Waals surface area (Å²) in [6, 6.07) is 7.50. The Morgan fingerprint density at radius 1 is 1.29 bits per heavy atom. The van der Waals surface area contributed by atoms with Crippen LogP contribution in [0.1, 0.15) is 32.6 Å². The van der Waals surface area contributed by atoms with Gasteiger partial charge in [0, 0.05) is 23.2 Å².